The Hall–Kier alpha value is -0.280. The monoisotopic (exact) mass is 302 g/mol. The van der Waals surface area contributed by atoms with E-state index in [0.29, 0.717) is 5.54 Å². The number of nitrogens with zero attached hydrogens (tertiary/aromatic N) is 1. The van der Waals surface area contributed by atoms with Crippen LogP contribution in [0.25, 0.3) is 0 Å². The highest BCUT2D eigenvalue weighted by atomic mass is 35.5. The summed E-state index contributed by atoms with van der Waals surface area (Å²) in [6, 6.07) is 10.9. The molecule has 4 heteroatoms. The number of hydrogen-bond donors (Lipinski definition) is 1. The first-order valence-corrected chi connectivity index (χ1v) is 6.89. The van der Waals surface area contributed by atoms with Crippen molar-refractivity contribution in [1.82, 2.24) is 10.2 Å². The molecule has 0 bridgehead atoms. The number of piperidine rings is 1. The highest BCUT2D eigenvalue weighted by molar-refractivity contribution is 5.85. The third-order valence-electron chi connectivity index (χ3n) is 4.41. The van der Waals surface area contributed by atoms with Gasteiger partial charge in [-0.05, 0) is 44.3 Å². The molecule has 0 amide bonds. The molecule has 2 nitrogen and oxygen atoms in total. The molecular formula is C15H24Cl2N2. The van der Waals surface area contributed by atoms with E-state index < -0.39 is 0 Å². The van der Waals surface area contributed by atoms with E-state index in [-0.39, 0.29) is 24.8 Å². The molecule has 0 aliphatic carbocycles. The van der Waals surface area contributed by atoms with E-state index in [2.05, 4.69) is 40.5 Å². The van der Waals surface area contributed by atoms with E-state index in [0.717, 1.165) is 6.54 Å². The van der Waals surface area contributed by atoms with Crippen molar-refractivity contribution in [3.8, 4) is 0 Å². The molecule has 1 unspecified atom stereocenters. The summed E-state index contributed by atoms with van der Waals surface area (Å²) < 4.78 is 0. The second-order valence-electron chi connectivity index (χ2n) is 5.52. The molecule has 1 aromatic rings. The molecule has 1 N–H and O–H groups in total. The second-order valence-corrected chi connectivity index (χ2v) is 5.52. The quantitative estimate of drug-likeness (QED) is 0.902. The van der Waals surface area contributed by atoms with Crippen molar-refractivity contribution >= 4 is 24.8 Å². The fourth-order valence-corrected chi connectivity index (χ4v) is 3.48. The van der Waals surface area contributed by atoms with Gasteiger partial charge in [0.15, 0.2) is 0 Å². The van der Waals surface area contributed by atoms with Gasteiger partial charge in [-0.1, -0.05) is 30.3 Å². The van der Waals surface area contributed by atoms with Gasteiger partial charge in [-0.3, -0.25) is 4.90 Å². The van der Waals surface area contributed by atoms with Gasteiger partial charge in [-0.25, -0.2) is 0 Å². The maximum Gasteiger partial charge on any atom is 0.0338 e. The first kappa shape index (κ1) is 16.8. The van der Waals surface area contributed by atoms with Gasteiger partial charge in [0.25, 0.3) is 0 Å². The van der Waals surface area contributed by atoms with Crippen molar-refractivity contribution in [3.05, 3.63) is 35.9 Å². The molecule has 0 aromatic heterocycles. The van der Waals surface area contributed by atoms with Crippen molar-refractivity contribution in [2.24, 2.45) is 0 Å². The van der Waals surface area contributed by atoms with Crippen LogP contribution < -0.4 is 5.32 Å². The molecule has 2 saturated heterocycles. The lowest BCUT2D eigenvalue weighted by Gasteiger charge is -2.42. The molecule has 2 aliphatic heterocycles. The third-order valence-corrected chi connectivity index (χ3v) is 4.41. The Morgan fingerprint density at radius 3 is 2.47 bits per heavy atom. The number of benzene rings is 1. The summed E-state index contributed by atoms with van der Waals surface area (Å²) in [5.74, 6) is 0. The second kappa shape index (κ2) is 7.49. The summed E-state index contributed by atoms with van der Waals surface area (Å²) in [5, 5.41) is 3.59. The summed E-state index contributed by atoms with van der Waals surface area (Å²) in [6.07, 6.45) is 5.47. The third kappa shape index (κ3) is 3.63. The standard InChI is InChI=1S/C15H22N2.2ClH/c1-2-6-14(7-3-1)12-17-11-5-9-15(17)8-4-10-16-13-15;;/h1-3,6-7,16H,4-5,8-13H2;2*1H. The van der Waals surface area contributed by atoms with Crippen LogP contribution in [0.5, 0.6) is 0 Å². The van der Waals surface area contributed by atoms with Crippen LogP contribution in [-0.2, 0) is 6.54 Å². The minimum Gasteiger partial charge on any atom is -0.315 e. The molecule has 0 radical (unpaired) electrons. The fraction of sp³-hybridized carbons (Fsp3) is 0.600. The highest BCUT2D eigenvalue weighted by Gasteiger charge is 2.41. The molecule has 2 fully saturated rings. The lowest BCUT2D eigenvalue weighted by atomic mass is 9.87. The molecule has 108 valence electrons. The first-order valence-electron chi connectivity index (χ1n) is 6.89. The fourth-order valence-electron chi connectivity index (χ4n) is 3.48. The van der Waals surface area contributed by atoms with Gasteiger partial charge in [0.05, 0.1) is 0 Å². The zero-order valence-corrected chi connectivity index (χ0v) is 12.9. The number of likely N-dealkylation sites (tertiary alicyclic amines) is 1. The molecule has 0 saturated carbocycles. The molecular weight excluding hydrogens is 279 g/mol. The van der Waals surface area contributed by atoms with Crippen LogP contribution in [0.15, 0.2) is 30.3 Å². The summed E-state index contributed by atoms with van der Waals surface area (Å²) in [4.78, 5) is 2.72. The Labute approximate surface area is 128 Å². The van der Waals surface area contributed by atoms with Crippen LogP contribution in [0.2, 0.25) is 0 Å². The van der Waals surface area contributed by atoms with Crippen LogP contribution in [0.3, 0.4) is 0 Å². The van der Waals surface area contributed by atoms with Gasteiger partial charge in [0.1, 0.15) is 0 Å². The maximum atomic E-state index is 3.59. The van der Waals surface area contributed by atoms with Gasteiger partial charge in [-0.15, -0.1) is 24.8 Å². The van der Waals surface area contributed by atoms with Crippen LogP contribution in [0.1, 0.15) is 31.2 Å². The van der Waals surface area contributed by atoms with E-state index in [1.165, 1.54) is 50.9 Å². The highest BCUT2D eigenvalue weighted by Crippen LogP contribution is 2.35. The van der Waals surface area contributed by atoms with Crippen LogP contribution >= 0.6 is 24.8 Å². The average Bonchev–Trinajstić information content (AvgIpc) is 2.74. The molecule has 3 rings (SSSR count). The predicted molar refractivity (Wildman–Crippen MR) is 85.4 cm³/mol. The smallest absolute Gasteiger partial charge is 0.0338 e. The molecule has 1 atom stereocenters. The van der Waals surface area contributed by atoms with Crippen molar-refractivity contribution in [3.63, 3.8) is 0 Å². The Kier molecular flexibility index (Phi) is 6.61. The van der Waals surface area contributed by atoms with Gasteiger partial charge in [-0.2, -0.15) is 0 Å². The van der Waals surface area contributed by atoms with Gasteiger partial charge in [0.2, 0.25) is 0 Å². The number of rotatable bonds is 2. The largest absolute Gasteiger partial charge is 0.315 e. The van der Waals surface area contributed by atoms with Gasteiger partial charge >= 0.3 is 0 Å². The average molecular weight is 303 g/mol. The van der Waals surface area contributed by atoms with E-state index in [4.69, 9.17) is 0 Å². The Bertz CT molecular complexity index is 364. The van der Waals surface area contributed by atoms with Crippen LogP contribution in [0, 0.1) is 0 Å². The maximum absolute atomic E-state index is 3.59. The summed E-state index contributed by atoms with van der Waals surface area (Å²) in [7, 11) is 0. The topological polar surface area (TPSA) is 15.3 Å². The first-order chi connectivity index (χ1) is 8.39. The Morgan fingerprint density at radius 2 is 1.79 bits per heavy atom. The van der Waals surface area contributed by atoms with Crippen molar-refractivity contribution in [1.29, 1.82) is 0 Å². The summed E-state index contributed by atoms with van der Waals surface area (Å²) >= 11 is 0. The summed E-state index contributed by atoms with van der Waals surface area (Å²) in [6.45, 7) is 4.81. The minimum atomic E-state index is 0. The van der Waals surface area contributed by atoms with E-state index >= 15 is 0 Å². The lowest BCUT2D eigenvalue weighted by Crippen LogP contribution is -2.53. The van der Waals surface area contributed by atoms with E-state index in [9.17, 15) is 0 Å². The zero-order chi connectivity index (χ0) is 11.6. The van der Waals surface area contributed by atoms with Crippen molar-refractivity contribution in [2.45, 2.75) is 37.8 Å². The molecule has 1 aromatic carbocycles. The van der Waals surface area contributed by atoms with E-state index in [1.807, 2.05) is 0 Å². The number of hydrogen-bond acceptors (Lipinski definition) is 2. The molecule has 19 heavy (non-hydrogen) atoms. The van der Waals surface area contributed by atoms with Crippen LogP contribution in [0.4, 0.5) is 0 Å². The Morgan fingerprint density at radius 1 is 1.05 bits per heavy atom. The van der Waals surface area contributed by atoms with Crippen molar-refractivity contribution in [2.75, 3.05) is 19.6 Å². The summed E-state index contributed by atoms with van der Waals surface area (Å²) in [5.41, 5.74) is 1.92. The van der Waals surface area contributed by atoms with E-state index in [1.54, 1.807) is 0 Å². The van der Waals surface area contributed by atoms with Crippen molar-refractivity contribution < 1.29 is 0 Å². The Balaban J connectivity index is 0.000000902. The molecule has 1 spiro atoms. The predicted octanol–water partition coefficient (Wildman–Crippen LogP) is 3.25. The molecule has 2 heterocycles. The lowest BCUT2D eigenvalue weighted by molar-refractivity contribution is 0.0982. The zero-order valence-electron chi connectivity index (χ0n) is 11.3. The minimum absolute atomic E-state index is 0. The van der Waals surface area contributed by atoms with Crippen LogP contribution in [-0.4, -0.2) is 30.1 Å². The number of nitrogens with one attached hydrogen (secondary N) is 1. The SMILES string of the molecule is Cl.Cl.c1ccc(CN2CCCC23CCCNC3)cc1. The normalized spacial score (nSPS) is 26.7. The van der Waals surface area contributed by atoms with Gasteiger partial charge < -0.3 is 5.32 Å². The molecule has 2 aliphatic rings. The number of halogens is 2. The van der Waals surface area contributed by atoms with Gasteiger partial charge in [0, 0.05) is 18.6 Å².